The predicted molar refractivity (Wildman–Crippen MR) is 65.2 cm³/mol. The van der Waals surface area contributed by atoms with E-state index in [1.807, 2.05) is 0 Å². The Morgan fingerprint density at radius 3 is 2.38 bits per heavy atom. The highest BCUT2D eigenvalue weighted by molar-refractivity contribution is 5.82. The second-order valence-electron chi connectivity index (χ2n) is 5.32. The van der Waals surface area contributed by atoms with E-state index in [4.69, 9.17) is 0 Å². The number of likely N-dealkylation sites (tertiary alicyclic amines) is 2. The lowest BCUT2D eigenvalue weighted by atomic mass is 9.94. The first kappa shape index (κ1) is 11.9. The molecule has 16 heavy (non-hydrogen) atoms. The molecule has 0 aromatic heterocycles. The maximum atomic E-state index is 12.3. The van der Waals surface area contributed by atoms with Crippen molar-refractivity contribution in [1.82, 2.24) is 9.80 Å². The molecule has 2 heterocycles. The highest BCUT2D eigenvalue weighted by atomic mass is 16.2. The molecule has 1 amide bonds. The van der Waals surface area contributed by atoms with Crippen molar-refractivity contribution in [2.24, 2.45) is 5.92 Å². The average molecular weight is 224 g/mol. The summed E-state index contributed by atoms with van der Waals surface area (Å²) in [7, 11) is 2.08. The minimum atomic E-state index is 0.179. The van der Waals surface area contributed by atoms with Gasteiger partial charge in [-0.05, 0) is 45.2 Å². The summed E-state index contributed by atoms with van der Waals surface area (Å²) in [6.07, 6.45) is 5.92. The first-order valence-electron chi connectivity index (χ1n) is 6.71. The zero-order valence-electron chi connectivity index (χ0n) is 10.6. The number of nitrogens with zero attached hydrogens (tertiary/aromatic N) is 2. The van der Waals surface area contributed by atoms with Crippen molar-refractivity contribution in [3.63, 3.8) is 0 Å². The topological polar surface area (TPSA) is 23.6 Å². The number of amides is 1. The molecule has 0 aromatic carbocycles. The van der Waals surface area contributed by atoms with Crippen molar-refractivity contribution in [3.05, 3.63) is 0 Å². The summed E-state index contributed by atoms with van der Waals surface area (Å²) in [5.41, 5.74) is 0. The zero-order chi connectivity index (χ0) is 11.5. The molecule has 3 nitrogen and oxygen atoms in total. The van der Waals surface area contributed by atoms with Crippen LogP contribution in [-0.4, -0.2) is 48.4 Å². The van der Waals surface area contributed by atoms with E-state index < -0.39 is 0 Å². The number of carbonyl (C=O) groups is 1. The van der Waals surface area contributed by atoms with Crippen LogP contribution < -0.4 is 0 Å². The van der Waals surface area contributed by atoms with Gasteiger partial charge in [0.25, 0.3) is 0 Å². The maximum absolute atomic E-state index is 12.3. The smallest absolute Gasteiger partial charge is 0.239 e. The fraction of sp³-hybridized carbons (Fsp3) is 0.923. The number of hydrogen-bond donors (Lipinski definition) is 0. The lowest BCUT2D eigenvalue weighted by Crippen LogP contribution is -2.47. The SMILES string of the molecule is CCC1CCN(C(=O)C2CCCN2C)CC1. The second-order valence-corrected chi connectivity index (χ2v) is 5.32. The van der Waals surface area contributed by atoms with E-state index in [2.05, 4.69) is 23.8 Å². The molecule has 2 aliphatic heterocycles. The van der Waals surface area contributed by atoms with E-state index >= 15 is 0 Å². The Hall–Kier alpha value is -0.570. The monoisotopic (exact) mass is 224 g/mol. The van der Waals surface area contributed by atoms with Crippen LogP contribution >= 0.6 is 0 Å². The van der Waals surface area contributed by atoms with Gasteiger partial charge in [-0.25, -0.2) is 0 Å². The molecule has 0 bridgehead atoms. The Morgan fingerprint density at radius 2 is 1.88 bits per heavy atom. The van der Waals surface area contributed by atoms with Crippen LogP contribution in [0.5, 0.6) is 0 Å². The molecule has 0 aromatic rings. The van der Waals surface area contributed by atoms with Gasteiger partial charge in [0.2, 0.25) is 5.91 Å². The fourth-order valence-corrected chi connectivity index (χ4v) is 2.99. The van der Waals surface area contributed by atoms with Crippen molar-refractivity contribution in [3.8, 4) is 0 Å². The van der Waals surface area contributed by atoms with Crippen LogP contribution in [0.15, 0.2) is 0 Å². The van der Waals surface area contributed by atoms with Crippen molar-refractivity contribution in [2.45, 2.75) is 45.1 Å². The molecule has 1 atom stereocenters. The number of piperidine rings is 1. The highest BCUT2D eigenvalue weighted by Gasteiger charge is 2.32. The van der Waals surface area contributed by atoms with Crippen LogP contribution in [0.3, 0.4) is 0 Å². The lowest BCUT2D eigenvalue weighted by molar-refractivity contribution is -0.137. The quantitative estimate of drug-likeness (QED) is 0.713. The summed E-state index contributed by atoms with van der Waals surface area (Å²) in [5.74, 6) is 1.24. The van der Waals surface area contributed by atoms with Gasteiger partial charge in [0.15, 0.2) is 0 Å². The first-order valence-corrected chi connectivity index (χ1v) is 6.71. The van der Waals surface area contributed by atoms with Crippen LogP contribution in [0.4, 0.5) is 0 Å². The van der Waals surface area contributed by atoms with E-state index in [0.29, 0.717) is 5.91 Å². The van der Waals surface area contributed by atoms with Crippen molar-refractivity contribution in [2.75, 3.05) is 26.7 Å². The maximum Gasteiger partial charge on any atom is 0.239 e. The molecule has 3 heteroatoms. The van der Waals surface area contributed by atoms with Gasteiger partial charge in [0.1, 0.15) is 0 Å². The van der Waals surface area contributed by atoms with Gasteiger partial charge in [-0.15, -0.1) is 0 Å². The Labute approximate surface area is 98.8 Å². The third-order valence-electron chi connectivity index (χ3n) is 4.31. The van der Waals surface area contributed by atoms with Crippen molar-refractivity contribution >= 4 is 5.91 Å². The molecule has 92 valence electrons. The number of likely N-dealkylation sites (N-methyl/N-ethyl adjacent to an activating group) is 1. The normalized spacial score (nSPS) is 28.6. The number of hydrogen-bond acceptors (Lipinski definition) is 2. The first-order chi connectivity index (χ1) is 7.72. The standard InChI is InChI=1S/C13H24N2O/c1-3-11-6-9-15(10-7-11)13(16)12-5-4-8-14(12)2/h11-12H,3-10H2,1-2H3. The average Bonchev–Trinajstić information content (AvgIpc) is 2.75. The summed E-state index contributed by atoms with van der Waals surface area (Å²) in [4.78, 5) is 16.6. The van der Waals surface area contributed by atoms with Crippen LogP contribution in [-0.2, 0) is 4.79 Å². The van der Waals surface area contributed by atoms with E-state index in [0.717, 1.165) is 32.0 Å². The Morgan fingerprint density at radius 1 is 1.19 bits per heavy atom. The minimum Gasteiger partial charge on any atom is -0.341 e. The van der Waals surface area contributed by atoms with Gasteiger partial charge in [-0.3, -0.25) is 9.69 Å². The Kier molecular flexibility index (Phi) is 3.85. The van der Waals surface area contributed by atoms with Gasteiger partial charge in [0, 0.05) is 13.1 Å². The van der Waals surface area contributed by atoms with Crippen LogP contribution in [0.2, 0.25) is 0 Å². The molecule has 1 unspecified atom stereocenters. The van der Waals surface area contributed by atoms with Gasteiger partial charge in [0.05, 0.1) is 6.04 Å². The van der Waals surface area contributed by atoms with Crippen LogP contribution in [0.25, 0.3) is 0 Å². The molecule has 2 aliphatic rings. The lowest BCUT2D eigenvalue weighted by Gasteiger charge is -2.34. The summed E-state index contributed by atoms with van der Waals surface area (Å²) in [6, 6.07) is 0.179. The predicted octanol–water partition coefficient (Wildman–Crippen LogP) is 1.73. The summed E-state index contributed by atoms with van der Waals surface area (Å²) < 4.78 is 0. The molecular weight excluding hydrogens is 200 g/mol. The third kappa shape index (κ3) is 2.40. The van der Waals surface area contributed by atoms with Crippen LogP contribution in [0.1, 0.15) is 39.0 Å². The third-order valence-corrected chi connectivity index (χ3v) is 4.31. The van der Waals surface area contributed by atoms with E-state index in [1.54, 1.807) is 0 Å². The molecule has 0 aliphatic carbocycles. The van der Waals surface area contributed by atoms with Gasteiger partial charge < -0.3 is 4.90 Å². The highest BCUT2D eigenvalue weighted by Crippen LogP contribution is 2.23. The van der Waals surface area contributed by atoms with Gasteiger partial charge in [-0.2, -0.15) is 0 Å². The van der Waals surface area contributed by atoms with Crippen molar-refractivity contribution < 1.29 is 4.79 Å². The fourth-order valence-electron chi connectivity index (χ4n) is 2.99. The second kappa shape index (κ2) is 5.17. The molecule has 0 spiro atoms. The molecule has 2 saturated heterocycles. The van der Waals surface area contributed by atoms with Gasteiger partial charge >= 0.3 is 0 Å². The summed E-state index contributed by atoms with van der Waals surface area (Å²) >= 11 is 0. The minimum absolute atomic E-state index is 0.179. The molecule has 0 N–H and O–H groups in total. The number of rotatable bonds is 2. The molecule has 0 radical (unpaired) electrons. The van der Waals surface area contributed by atoms with Crippen LogP contribution in [0, 0.1) is 5.92 Å². The summed E-state index contributed by atoms with van der Waals surface area (Å²) in [6.45, 7) is 5.32. The molecule has 0 saturated carbocycles. The van der Waals surface area contributed by atoms with Gasteiger partial charge in [-0.1, -0.05) is 13.3 Å². The zero-order valence-corrected chi connectivity index (χ0v) is 10.6. The molecule has 2 rings (SSSR count). The Balaban J connectivity index is 1.86. The van der Waals surface area contributed by atoms with E-state index in [1.165, 1.54) is 25.7 Å². The van der Waals surface area contributed by atoms with E-state index in [-0.39, 0.29) is 6.04 Å². The van der Waals surface area contributed by atoms with Crippen molar-refractivity contribution in [1.29, 1.82) is 0 Å². The Bertz CT molecular complexity index is 246. The van der Waals surface area contributed by atoms with E-state index in [9.17, 15) is 4.79 Å². The largest absolute Gasteiger partial charge is 0.341 e. The molecular formula is C13H24N2O. The molecule has 2 fully saturated rings. The summed E-state index contributed by atoms with van der Waals surface area (Å²) in [5, 5.41) is 0. The number of carbonyl (C=O) groups excluding carboxylic acids is 1.